The van der Waals surface area contributed by atoms with E-state index in [0.717, 1.165) is 5.69 Å². The second kappa shape index (κ2) is 5.56. The van der Waals surface area contributed by atoms with E-state index in [-0.39, 0.29) is 24.4 Å². The molecule has 1 aliphatic carbocycles. The van der Waals surface area contributed by atoms with Gasteiger partial charge in [-0.15, -0.1) is 12.4 Å². The van der Waals surface area contributed by atoms with Crippen LogP contribution in [0.25, 0.3) is 0 Å². The number of halogens is 1. The largest absolute Gasteiger partial charge is 0.346 e. The predicted octanol–water partition coefficient (Wildman–Crippen LogP) is 1.22. The van der Waals surface area contributed by atoms with Crippen molar-refractivity contribution in [3.63, 3.8) is 0 Å². The second-order valence-electron chi connectivity index (χ2n) is 4.57. The van der Waals surface area contributed by atoms with Crippen LogP contribution in [0.5, 0.6) is 0 Å². The lowest BCUT2D eigenvalue weighted by Gasteiger charge is -2.16. The van der Waals surface area contributed by atoms with Crippen LogP contribution in [0.3, 0.4) is 0 Å². The van der Waals surface area contributed by atoms with Gasteiger partial charge in [-0.2, -0.15) is 0 Å². The molecule has 1 atom stereocenters. The maximum atomic E-state index is 12.0. The summed E-state index contributed by atoms with van der Waals surface area (Å²) < 4.78 is 1.90. The number of amides is 1. The van der Waals surface area contributed by atoms with Crippen LogP contribution in [0.1, 0.15) is 29.0 Å². The molecule has 0 saturated heterocycles. The minimum absolute atomic E-state index is 0. The normalized spacial score (nSPS) is 16.2. The van der Waals surface area contributed by atoms with Gasteiger partial charge in [-0.25, -0.2) is 0 Å². The Balaban J connectivity index is 0.00000144. The van der Waals surface area contributed by atoms with Crippen molar-refractivity contribution in [2.24, 2.45) is 18.7 Å². The van der Waals surface area contributed by atoms with Crippen molar-refractivity contribution < 1.29 is 4.79 Å². The van der Waals surface area contributed by atoms with Crippen molar-refractivity contribution in [3.8, 4) is 0 Å². The summed E-state index contributed by atoms with van der Waals surface area (Å²) in [5.74, 6) is 0.577. The van der Waals surface area contributed by atoms with Crippen molar-refractivity contribution in [2.75, 3.05) is 6.54 Å². The molecule has 3 N–H and O–H groups in total. The number of hydrogen-bond acceptors (Lipinski definition) is 2. The molecular formula is C12H20ClN3O. The first-order valence-corrected chi connectivity index (χ1v) is 5.76. The minimum atomic E-state index is -0.0158. The maximum absolute atomic E-state index is 12.0. The smallest absolute Gasteiger partial charge is 0.268 e. The van der Waals surface area contributed by atoms with E-state index >= 15 is 0 Å². The van der Waals surface area contributed by atoms with Crippen molar-refractivity contribution >= 4 is 18.3 Å². The molecule has 0 bridgehead atoms. The van der Waals surface area contributed by atoms with E-state index in [2.05, 4.69) is 5.32 Å². The molecule has 2 rings (SSSR count). The van der Waals surface area contributed by atoms with E-state index in [1.807, 2.05) is 30.7 Å². The Labute approximate surface area is 108 Å². The average Bonchev–Trinajstić information content (AvgIpc) is 3.04. The fourth-order valence-electron chi connectivity index (χ4n) is 1.95. The van der Waals surface area contributed by atoms with Crippen LogP contribution >= 0.6 is 12.4 Å². The van der Waals surface area contributed by atoms with Crippen LogP contribution in [0, 0.1) is 12.8 Å². The molecule has 96 valence electrons. The molecule has 1 aliphatic rings. The fourth-order valence-corrected chi connectivity index (χ4v) is 1.95. The number of aromatic nitrogens is 1. The third kappa shape index (κ3) is 3.01. The Morgan fingerprint density at radius 2 is 2.24 bits per heavy atom. The highest BCUT2D eigenvalue weighted by Crippen LogP contribution is 2.32. The van der Waals surface area contributed by atoms with Gasteiger partial charge < -0.3 is 15.6 Å². The van der Waals surface area contributed by atoms with Gasteiger partial charge in [-0.3, -0.25) is 4.79 Å². The zero-order chi connectivity index (χ0) is 11.7. The Bertz CT molecular complexity index is 398. The highest BCUT2D eigenvalue weighted by Gasteiger charge is 2.31. The van der Waals surface area contributed by atoms with Gasteiger partial charge in [0.1, 0.15) is 5.69 Å². The van der Waals surface area contributed by atoms with Gasteiger partial charge in [0.2, 0.25) is 0 Å². The molecule has 1 aromatic heterocycles. The summed E-state index contributed by atoms with van der Waals surface area (Å²) in [6, 6.07) is 3.94. The molecule has 0 radical (unpaired) electrons. The summed E-state index contributed by atoms with van der Waals surface area (Å²) in [4.78, 5) is 12.0. The van der Waals surface area contributed by atoms with Crippen molar-refractivity contribution in [1.82, 2.24) is 9.88 Å². The van der Waals surface area contributed by atoms with Gasteiger partial charge in [0.25, 0.3) is 5.91 Å². The molecule has 0 aromatic carbocycles. The Kier molecular flexibility index (Phi) is 4.60. The van der Waals surface area contributed by atoms with Gasteiger partial charge in [0.05, 0.1) is 0 Å². The SMILES string of the molecule is Cc1ccc(C(=O)NC(CN)C2CC2)n1C.Cl. The summed E-state index contributed by atoms with van der Waals surface area (Å²) in [7, 11) is 1.90. The second-order valence-corrected chi connectivity index (χ2v) is 4.57. The molecule has 1 heterocycles. The maximum Gasteiger partial charge on any atom is 0.268 e. The standard InChI is InChI=1S/C12H19N3O.ClH/c1-8-3-6-11(15(8)2)12(16)14-10(7-13)9-4-5-9;/h3,6,9-10H,4-5,7,13H2,1-2H3,(H,14,16);1H. The lowest BCUT2D eigenvalue weighted by Crippen LogP contribution is -2.42. The quantitative estimate of drug-likeness (QED) is 0.852. The zero-order valence-electron chi connectivity index (χ0n) is 10.3. The topological polar surface area (TPSA) is 60.1 Å². The molecule has 17 heavy (non-hydrogen) atoms. The highest BCUT2D eigenvalue weighted by atomic mass is 35.5. The summed E-state index contributed by atoms with van der Waals surface area (Å²) >= 11 is 0. The molecule has 0 spiro atoms. The van der Waals surface area contributed by atoms with E-state index in [1.54, 1.807) is 0 Å². The Morgan fingerprint density at radius 1 is 1.59 bits per heavy atom. The van der Waals surface area contributed by atoms with Crippen LogP contribution in [-0.2, 0) is 7.05 Å². The summed E-state index contributed by atoms with van der Waals surface area (Å²) in [5, 5.41) is 3.01. The molecule has 0 aliphatic heterocycles. The predicted molar refractivity (Wildman–Crippen MR) is 70.4 cm³/mol. The van der Waals surface area contributed by atoms with Crippen LogP contribution in [0.15, 0.2) is 12.1 Å². The zero-order valence-corrected chi connectivity index (χ0v) is 11.1. The first-order chi connectivity index (χ1) is 7.63. The third-order valence-corrected chi connectivity index (χ3v) is 3.37. The van der Waals surface area contributed by atoms with E-state index in [0.29, 0.717) is 18.2 Å². The van der Waals surface area contributed by atoms with Gasteiger partial charge in [0.15, 0.2) is 0 Å². The first kappa shape index (κ1) is 14.1. The third-order valence-electron chi connectivity index (χ3n) is 3.37. The van der Waals surface area contributed by atoms with Gasteiger partial charge in [0, 0.05) is 25.3 Å². The molecule has 1 aromatic rings. The van der Waals surface area contributed by atoms with Crippen LogP contribution in [0.4, 0.5) is 0 Å². The lowest BCUT2D eigenvalue weighted by atomic mass is 10.2. The van der Waals surface area contributed by atoms with Crippen molar-refractivity contribution in [3.05, 3.63) is 23.5 Å². The molecule has 4 nitrogen and oxygen atoms in total. The molecule has 1 fully saturated rings. The Hall–Kier alpha value is -1.00. The number of hydrogen-bond donors (Lipinski definition) is 2. The van der Waals surface area contributed by atoms with Gasteiger partial charge >= 0.3 is 0 Å². The van der Waals surface area contributed by atoms with Gasteiger partial charge in [-0.05, 0) is 37.8 Å². The minimum Gasteiger partial charge on any atom is -0.346 e. The van der Waals surface area contributed by atoms with E-state index in [1.165, 1.54) is 12.8 Å². The fraction of sp³-hybridized carbons (Fsp3) is 0.583. The van der Waals surface area contributed by atoms with E-state index < -0.39 is 0 Å². The summed E-state index contributed by atoms with van der Waals surface area (Å²) in [6.07, 6.45) is 2.38. The number of aryl methyl sites for hydroxylation is 1. The first-order valence-electron chi connectivity index (χ1n) is 5.76. The number of nitrogens with one attached hydrogen (secondary N) is 1. The summed E-state index contributed by atoms with van der Waals surface area (Å²) in [6.45, 7) is 2.51. The van der Waals surface area contributed by atoms with Crippen molar-refractivity contribution in [1.29, 1.82) is 0 Å². The lowest BCUT2D eigenvalue weighted by molar-refractivity contribution is 0.0925. The number of carbonyl (C=O) groups is 1. The van der Waals surface area contributed by atoms with E-state index in [4.69, 9.17) is 5.73 Å². The molecule has 1 saturated carbocycles. The number of rotatable bonds is 4. The molecule has 1 unspecified atom stereocenters. The molecule has 5 heteroatoms. The van der Waals surface area contributed by atoms with Crippen molar-refractivity contribution in [2.45, 2.75) is 25.8 Å². The van der Waals surface area contributed by atoms with Crippen LogP contribution in [-0.4, -0.2) is 23.1 Å². The van der Waals surface area contributed by atoms with Crippen LogP contribution < -0.4 is 11.1 Å². The highest BCUT2D eigenvalue weighted by molar-refractivity contribution is 5.93. The summed E-state index contributed by atoms with van der Waals surface area (Å²) in [5.41, 5.74) is 7.45. The Morgan fingerprint density at radius 3 is 2.65 bits per heavy atom. The monoisotopic (exact) mass is 257 g/mol. The van der Waals surface area contributed by atoms with Crippen LogP contribution in [0.2, 0.25) is 0 Å². The van der Waals surface area contributed by atoms with E-state index in [9.17, 15) is 4.79 Å². The molecular weight excluding hydrogens is 238 g/mol. The molecule has 1 amide bonds. The van der Waals surface area contributed by atoms with Gasteiger partial charge in [-0.1, -0.05) is 0 Å². The average molecular weight is 258 g/mol. The number of carbonyl (C=O) groups excluding carboxylic acids is 1. The number of nitrogens with two attached hydrogens (primary N) is 1. The number of nitrogens with zero attached hydrogens (tertiary/aromatic N) is 1.